The van der Waals surface area contributed by atoms with Crippen LogP contribution in [0.5, 0.6) is 0 Å². The topological polar surface area (TPSA) is 80.6 Å². The first-order valence-corrected chi connectivity index (χ1v) is 15.0. The number of likely N-dealkylation sites (tertiary alicyclic amines) is 1. The van der Waals surface area contributed by atoms with E-state index in [-0.39, 0.29) is 29.4 Å². The lowest BCUT2D eigenvalue weighted by Gasteiger charge is -2.33. The van der Waals surface area contributed by atoms with E-state index in [9.17, 15) is 14.4 Å². The molecular weight excluding hydrogens is 526 g/mol. The Hall–Kier alpha value is -4.23. The van der Waals surface area contributed by atoms with Crippen molar-refractivity contribution in [2.24, 2.45) is 5.92 Å². The Morgan fingerprint density at radius 2 is 1.50 bits per heavy atom. The number of hydrogen-bond donors (Lipinski definition) is 1. The molecule has 1 N–H and O–H groups in total. The largest absolute Gasteiger partial charge is 0.466 e. The van der Waals surface area contributed by atoms with Crippen LogP contribution in [0.15, 0.2) is 89.7 Å². The summed E-state index contributed by atoms with van der Waals surface area (Å²) in [5.74, 6) is -0.0720. The van der Waals surface area contributed by atoms with Crippen LogP contribution < -0.4 is 10.9 Å². The van der Waals surface area contributed by atoms with E-state index in [4.69, 9.17) is 4.74 Å². The van der Waals surface area contributed by atoms with Crippen molar-refractivity contribution in [3.8, 4) is 5.69 Å². The average molecular weight is 566 g/mol. The molecule has 0 saturated carbocycles. The molecule has 1 aliphatic rings. The van der Waals surface area contributed by atoms with Gasteiger partial charge in [-0.3, -0.25) is 23.9 Å². The van der Waals surface area contributed by atoms with E-state index in [2.05, 4.69) is 17.1 Å². The fraction of sp³-hybridized carbons (Fsp3) is 0.343. The van der Waals surface area contributed by atoms with Crippen LogP contribution in [-0.4, -0.2) is 41.0 Å². The Kier molecular flexibility index (Phi) is 9.49. The monoisotopic (exact) mass is 565 g/mol. The van der Waals surface area contributed by atoms with Crippen molar-refractivity contribution in [1.29, 1.82) is 0 Å². The second-order valence-corrected chi connectivity index (χ2v) is 10.9. The summed E-state index contributed by atoms with van der Waals surface area (Å²) in [4.78, 5) is 42.7. The summed E-state index contributed by atoms with van der Waals surface area (Å²) >= 11 is 0. The fourth-order valence-electron chi connectivity index (χ4n) is 6.00. The number of ether oxygens (including phenoxy) is 1. The lowest BCUT2D eigenvalue weighted by Crippen LogP contribution is -2.38. The SMILES string of the molecule is CCOC(=O)CC1CCN(Cc2c(C(=O)NC(CC)c3ccccc3)c3ccccc3c(=O)n2-c2ccccc2)CC1. The molecule has 1 atom stereocenters. The molecule has 1 fully saturated rings. The molecule has 3 aromatic carbocycles. The van der Waals surface area contributed by atoms with E-state index in [1.807, 2.05) is 85.8 Å². The van der Waals surface area contributed by atoms with Crippen molar-refractivity contribution >= 4 is 22.6 Å². The van der Waals surface area contributed by atoms with Gasteiger partial charge in [0.2, 0.25) is 0 Å². The number of fused-ring (bicyclic) bond motifs is 1. The third-order valence-electron chi connectivity index (χ3n) is 8.19. The number of carbonyl (C=O) groups is 2. The number of pyridine rings is 1. The number of aromatic nitrogens is 1. The summed E-state index contributed by atoms with van der Waals surface area (Å²) in [6.45, 7) is 6.25. The second kappa shape index (κ2) is 13.6. The smallest absolute Gasteiger partial charge is 0.306 e. The maximum absolute atomic E-state index is 14.3. The summed E-state index contributed by atoms with van der Waals surface area (Å²) in [6.07, 6.45) is 2.87. The van der Waals surface area contributed by atoms with Gasteiger partial charge in [-0.1, -0.05) is 73.7 Å². The molecule has 0 bridgehead atoms. The zero-order valence-electron chi connectivity index (χ0n) is 24.4. The summed E-state index contributed by atoms with van der Waals surface area (Å²) < 4.78 is 6.88. The van der Waals surface area contributed by atoms with Gasteiger partial charge in [-0.05, 0) is 69.0 Å². The van der Waals surface area contributed by atoms with Crippen LogP contribution in [-0.2, 0) is 16.1 Å². The first-order valence-electron chi connectivity index (χ1n) is 15.0. The fourth-order valence-corrected chi connectivity index (χ4v) is 6.00. The Morgan fingerprint density at radius 3 is 2.14 bits per heavy atom. The third kappa shape index (κ3) is 6.47. The molecule has 0 aliphatic carbocycles. The van der Waals surface area contributed by atoms with E-state index >= 15 is 0 Å². The Balaban J connectivity index is 1.56. The van der Waals surface area contributed by atoms with Gasteiger partial charge in [0, 0.05) is 29.4 Å². The Morgan fingerprint density at radius 1 is 0.881 bits per heavy atom. The highest BCUT2D eigenvalue weighted by molar-refractivity contribution is 6.08. The number of benzene rings is 3. The van der Waals surface area contributed by atoms with Crippen LogP contribution in [0.4, 0.5) is 0 Å². The molecule has 1 saturated heterocycles. The number of rotatable bonds is 10. The lowest BCUT2D eigenvalue weighted by molar-refractivity contribution is -0.144. The number of amides is 1. The summed E-state index contributed by atoms with van der Waals surface area (Å²) in [5, 5.41) is 4.45. The first-order chi connectivity index (χ1) is 20.5. The minimum atomic E-state index is -0.196. The van der Waals surface area contributed by atoms with Gasteiger partial charge in [-0.25, -0.2) is 0 Å². The normalized spacial score (nSPS) is 14.9. The van der Waals surface area contributed by atoms with Crippen molar-refractivity contribution in [2.45, 2.75) is 52.1 Å². The van der Waals surface area contributed by atoms with E-state index in [1.54, 1.807) is 10.6 Å². The van der Waals surface area contributed by atoms with Crippen molar-refractivity contribution in [3.05, 3.63) is 112 Å². The van der Waals surface area contributed by atoms with E-state index in [0.29, 0.717) is 41.6 Å². The van der Waals surface area contributed by atoms with Crippen molar-refractivity contribution < 1.29 is 14.3 Å². The van der Waals surface area contributed by atoms with Gasteiger partial charge in [-0.15, -0.1) is 0 Å². The number of nitrogens with zero attached hydrogens (tertiary/aromatic N) is 2. The lowest BCUT2D eigenvalue weighted by atomic mass is 9.93. The van der Waals surface area contributed by atoms with Crippen LogP contribution in [0.3, 0.4) is 0 Å². The molecule has 1 aromatic heterocycles. The molecule has 7 nitrogen and oxygen atoms in total. The maximum atomic E-state index is 14.3. The quantitative estimate of drug-likeness (QED) is 0.237. The minimum absolute atomic E-state index is 0.143. The minimum Gasteiger partial charge on any atom is -0.466 e. The number of esters is 1. The van der Waals surface area contributed by atoms with Crippen LogP contribution in [0, 0.1) is 5.92 Å². The predicted molar refractivity (Wildman–Crippen MR) is 166 cm³/mol. The summed E-state index contributed by atoms with van der Waals surface area (Å²) in [6, 6.07) is 26.8. The van der Waals surface area contributed by atoms with Crippen LogP contribution in [0.2, 0.25) is 0 Å². The van der Waals surface area contributed by atoms with Crippen LogP contribution in [0.25, 0.3) is 16.5 Å². The molecule has 7 heteroatoms. The molecule has 4 aromatic rings. The number of carbonyl (C=O) groups excluding carboxylic acids is 2. The number of para-hydroxylation sites is 1. The van der Waals surface area contributed by atoms with Crippen molar-refractivity contribution in [3.63, 3.8) is 0 Å². The highest BCUT2D eigenvalue weighted by Gasteiger charge is 2.28. The highest BCUT2D eigenvalue weighted by atomic mass is 16.5. The summed E-state index contributed by atoms with van der Waals surface area (Å²) in [5.41, 5.74) is 2.82. The number of hydrogen-bond acceptors (Lipinski definition) is 5. The molecule has 0 radical (unpaired) electrons. The van der Waals surface area contributed by atoms with Crippen LogP contribution >= 0.6 is 0 Å². The molecule has 1 unspecified atom stereocenters. The zero-order chi connectivity index (χ0) is 29.5. The van der Waals surface area contributed by atoms with Gasteiger partial charge >= 0.3 is 5.97 Å². The van der Waals surface area contributed by atoms with Gasteiger partial charge in [0.15, 0.2) is 0 Å². The van der Waals surface area contributed by atoms with Gasteiger partial charge in [0.1, 0.15) is 0 Å². The molecule has 5 rings (SSSR count). The maximum Gasteiger partial charge on any atom is 0.306 e. The van der Waals surface area contributed by atoms with E-state index in [0.717, 1.165) is 43.6 Å². The molecular formula is C35H39N3O4. The van der Waals surface area contributed by atoms with Gasteiger partial charge < -0.3 is 10.1 Å². The molecule has 1 amide bonds. The second-order valence-electron chi connectivity index (χ2n) is 10.9. The molecule has 2 heterocycles. The Labute approximate surface area is 247 Å². The first kappa shape index (κ1) is 29.3. The molecule has 218 valence electrons. The molecule has 1 aliphatic heterocycles. The third-order valence-corrected chi connectivity index (χ3v) is 8.19. The number of nitrogens with one attached hydrogen (secondary N) is 1. The Bertz CT molecular complexity index is 1570. The average Bonchev–Trinajstić information content (AvgIpc) is 3.02. The number of piperidine rings is 1. The predicted octanol–water partition coefficient (Wildman–Crippen LogP) is 6.04. The zero-order valence-corrected chi connectivity index (χ0v) is 24.4. The van der Waals surface area contributed by atoms with Gasteiger partial charge in [0.05, 0.1) is 23.9 Å². The highest BCUT2D eigenvalue weighted by Crippen LogP contribution is 2.28. The van der Waals surface area contributed by atoms with Gasteiger partial charge in [-0.2, -0.15) is 0 Å². The molecule has 42 heavy (non-hydrogen) atoms. The summed E-state index contributed by atoms with van der Waals surface area (Å²) in [7, 11) is 0. The van der Waals surface area contributed by atoms with E-state index in [1.165, 1.54) is 0 Å². The van der Waals surface area contributed by atoms with Crippen molar-refractivity contribution in [2.75, 3.05) is 19.7 Å². The van der Waals surface area contributed by atoms with Gasteiger partial charge in [0.25, 0.3) is 11.5 Å². The molecule has 0 spiro atoms. The standard InChI is InChI=1S/C35H39N3O4/c1-3-30(26-13-7-5-8-14-26)36-34(40)33-28-17-11-12-18-29(28)35(41)38(27-15-9-6-10-16-27)31(33)24-37-21-19-25(20-22-37)23-32(39)42-4-2/h5-18,25,30H,3-4,19-24H2,1-2H3,(H,36,40). The van der Waals surface area contributed by atoms with Crippen LogP contribution in [0.1, 0.15) is 67.2 Å². The van der Waals surface area contributed by atoms with E-state index < -0.39 is 0 Å². The van der Waals surface area contributed by atoms with Crippen molar-refractivity contribution in [1.82, 2.24) is 14.8 Å².